The molecule has 0 radical (unpaired) electrons. The average Bonchev–Trinajstić information content (AvgIpc) is 2.62. The topological polar surface area (TPSA) is 86.7 Å². The highest BCUT2D eigenvalue weighted by atomic mass is 32.2. The fourth-order valence-corrected chi connectivity index (χ4v) is 4.77. The first-order chi connectivity index (χ1) is 12.7. The zero-order valence-electron chi connectivity index (χ0n) is 15.3. The van der Waals surface area contributed by atoms with E-state index in [4.69, 9.17) is 8.37 Å². The van der Waals surface area contributed by atoms with Crippen LogP contribution in [0.15, 0.2) is 70.5 Å². The smallest absolute Gasteiger partial charge is 0.263 e. The van der Waals surface area contributed by atoms with Crippen LogP contribution < -0.4 is 0 Å². The Morgan fingerprint density at radius 3 is 1.33 bits per heavy atom. The summed E-state index contributed by atoms with van der Waals surface area (Å²) in [4.78, 5) is 0.227. The average molecular weight is 413 g/mol. The SMILES string of the molecule is C[C@H](CCC[C@H](C)OS(=O)(=O)c1ccccc1)OS(=O)(=O)c1ccccc1. The maximum Gasteiger partial charge on any atom is 0.297 e. The summed E-state index contributed by atoms with van der Waals surface area (Å²) < 4.78 is 59.0. The van der Waals surface area contributed by atoms with Crippen molar-refractivity contribution >= 4 is 20.2 Å². The molecule has 0 N–H and O–H groups in total. The molecule has 2 aromatic carbocycles. The quantitative estimate of drug-likeness (QED) is 0.553. The molecule has 0 heterocycles. The van der Waals surface area contributed by atoms with Crippen LogP contribution in [0.3, 0.4) is 0 Å². The minimum Gasteiger partial charge on any atom is -0.263 e. The maximum atomic E-state index is 12.2. The first kappa shape index (κ1) is 21.6. The van der Waals surface area contributed by atoms with E-state index in [0.29, 0.717) is 19.3 Å². The van der Waals surface area contributed by atoms with E-state index in [-0.39, 0.29) is 9.79 Å². The van der Waals surface area contributed by atoms with Gasteiger partial charge >= 0.3 is 0 Å². The molecule has 2 aromatic rings. The largest absolute Gasteiger partial charge is 0.297 e. The van der Waals surface area contributed by atoms with E-state index in [1.54, 1.807) is 50.2 Å². The summed E-state index contributed by atoms with van der Waals surface area (Å²) in [5.41, 5.74) is 0. The molecule has 0 bridgehead atoms. The Morgan fingerprint density at radius 1 is 0.667 bits per heavy atom. The molecular weight excluding hydrogens is 388 g/mol. The molecular formula is C19H24O6S2. The Bertz CT molecular complexity index is 832. The van der Waals surface area contributed by atoms with E-state index in [0.717, 1.165) is 0 Å². The van der Waals surface area contributed by atoms with Crippen molar-refractivity contribution in [1.29, 1.82) is 0 Å². The summed E-state index contributed by atoms with van der Waals surface area (Å²) in [6.45, 7) is 3.35. The van der Waals surface area contributed by atoms with Gasteiger partial charge in [0.05, 0.1) is 22.0 Å². The van der Waals surface area contributed by atoms with Crippen LogP contribution in [0.25, 0.3) is 0 Å². The number of hydrogen-bond donors (Lipinski definition) is 0. The molecule has 0 amide bonds. The standard InChI is InChI=1S/C19H24O6S2/c1-16(24-26(20,21)18-12-5-3-6-13-18)10-9-11-17(2)25-27(22,23)19-14-7-4-8-15-19/h3-8,12-17H,9-11H2,1-2H3/t16-,17+. The van der Waals surface area contributed by atoms with E-state index in [2.05, 4.69) is 0 Å². The highest BCUT2D eigenvalue weighted by Crippen LogP contribution is 2.19. The summed E-state index contributed by atoms with van der Waals surface area (Å²) in [6, 6.07) is 15.9. The Morgan fingerprint density at radius 2 is 1.00 bits per heavy atom. The molecule has 8 heteroatoms. The highest BCUT2D eigenvalue weighted by Gasteiger charge is 2.21. The molecule has 2 rings (SSSR count). The van der Waals surface area contributed by atoms with Crippen LogP contribution in [0.5, 0.6) is 0 Å². The molecule has 0 aliphatic rings. The molecule has 2 atom stereocenters. The molecule has 0 aliphatic heterocycles. The van der Waals surface area contributed by atoms with Crippen molar-refractivity contribution in [2.45, 2.75) is 55.1 Å². The predicted octanol–water partition coefficient (Wildman–Crippen LogP) is 3.74. The van der Waals surface area contributed by atoms with Crippen molar-refractivity contribution in [3.8, 4) is 0 Å². The molecule has 0 aliphatic carbocycles. The van der Waals surface area contributed by atoms with Gasteiger partial charge in [-0.05, 0) is 57.4 Å². The first-order valence-corrected chi connectivity index (χ1v) is 11.5. The molecule has 6 nitrogen and oxygen atoms in total. The monoisotopic (exact) mass is 412 g/mol. The van der Waals surface area contributed by atoms with Crippen LogP contribution in [-0.4, -0.2) is 29.0 Å². The number of rotatable bonds is 10. The molecule has 0 fully saturated rings. The van der Waals surface area contributed by atoms with Crippen molar-refractivity contribution in [3.05, 3.63) is 60.7 Å². The Kier molecular flexibility index (Phi) is 7.55. The van der Waals surface area contributed by atoms with Gasteiger partial charge in [0.1, 0.15) is 0 Å². The van der Waals surface area contributed by atoms with Crippen LogP contribution >= 0.6 is 0 Å². The molecule has 148 valence electrons. The minimum absolute atomic E-state index is 0.113. The lowest BCUT2D eigenvalue weighted by Gasteiger charge is -2.15. The van der Waals surface area contributed by atoms with E-state index in [9.17, 15) is 16.8 Å². The van der Waals surface area contributed by atoms with Crippen molar-refractivity contribution < 1.29 is 25.2 Å². The number of benzene rings is 2. The summed E-state index contributed by atoms with van der Waals surface area (Å²) in [5, 5.41) is 0. The summed E-state index contributed by atoms with van der Waals surface area (Å²) in [5.74, 6) is 0. The maximum absolute atomic E-state index is 12.2. The Balaban J connectivity index is 1.80. The van der Waals surface area contributed by atoms with Crippen LogP contribution in [0, 0.1) is 0 Å². The third-order valence-corrected chi connectivity index (χ3v) is 6.73. The second kappa shape index (κ2) is 9.45. The van der Waals surface area contributed by atoms with Gasteiger partial charge < -0.3 is 0 Å². The summed E-state index contributed by atoms with van der Waals surface area (Å²) in [6.07, 6.45) is 0.453. The lowest BCUT2D eigenvalue weighted by Crippen LogP contribution is -2.18. The summed E-state index contributed by atoms with van der Waals surface area (Å²) in [7, 11) is -7.60. The van der Waals surface area contributed by atoms with Gasteiger partial charge in [0, 0.05) is 0 Å². The van der Waals surface area contributed by atoms with Gasteiger partial charge in [-0.1, -0.05) is 36.4 Å². The fourth-order valence-electron chi connectivity index (χ4n) is 2.51. The molecule has 0 saturated carbocycles. The van der Waals surface area contributed by atoms with Crippen LogP contribution in [0.2, 0.25) is 0 Å². The molecule has 0 saturated heterocycles. The van der Waals surface area contributed by atoms with E-state index in [1.807, 2.05) is 0 Å². The number of hydrogen-bond acceptors (Lipinski definition) is 6. The van der Waals surface area contributed by atoms with Gasteiger partial charge in [0.15, 0.2) is 0 Å². The van der Waals surface area contributed by atoms with Gasteiger partial charge in [0.25, 0.3) is 20.2 Å². The van der Waals surface area contributed by atoms with E-state index >= 15 is 0 Å². The van der Waals surface area contributed by atoms with Crippen molar-refractivity contribution in [1.82, 2.24) is 0 Å². The van der Waals surface area contributed by atoms with Crippen LogP contribution in [0.1, 0.15) is 33.1 Å². The second-order valence-corrected chi connectivity index (χ2v) is 9.42. The van der Waals surface area contributed by atoms with Crippen LogP contribution in [0.4, 0.5) is 0 Å². The van der Waals surface area contributed by atoms with E-state index < -0.39 is 32.4 Å². The van der Waals surface area contributed by atoms with Gasteiger partial charge in [-0.2, -0.15) is 16.8 Å². The van der Waals surface area contributed by atoms with Gasteiger partial charge in [-0.15, -0.1) is 0 Å². The minimum atomic E-state index is -3.80. The van der Waals surface area contributed by atoms with Crippen molar-refractivity contribution in [2.24, 2.45) is 0 Å². The third kappa shape index (κ3) is 6.73. The second-order valence-electron chi connectivity index (χ2n) is 6.28. The van der Waals surface area contributed by atoms with Crippen molar-refractivity contribution in [2.75, 3.05) is 0 Å². The van der Waals surface area contributed by atoms with Crippen LogP contribution in [-0.2, 0) is 28.6 Å². The normalized spacial score (nSPS) is 14.6. The molecule has 0 spiro atoms. The first-order valence-electron chi connectivity index (χ1n) is 8.67. The highest BCUT2D eigenvalue weighted by molar-refractivity contribution is 7.87. The Labute approximate surface area is 161 Å². The van der Waals surface area contributed by atoms with Gasteiger partial charge in [0.2, 0.25) is 0 Å². The van der Waals surface area contributed by atoms with Crippen molar-refractivity contribution in [3.63, 3.8) is 0 Å². The third-order valence-electron chi connectivity index (χ3n) is 3.87. The zero-order valence-corrected chi connectivity index (χ0v) is 16.9. The van der Waals surface area contributed by atoms with E-state index in [1.165, 1.54) is 24.3 Å². The Hall–Kier alpha value is -1.74. The summed E-state index contributed by atoms with van der Waals surface area (Å²) >= 11 is 0. The zero-order chi connectivity index (χ0) is 19.9. The lowest BCUT2D eigenvalue weighted by atomic mass is 10.1. The molecule has 27 heavy (non-hydrogen) atoms. The lowest BCUT2D eigenvalue weighted by molar-refractivity contribution is 0.187. The van der Waals surface area contributed by atoms with Gasteiger partial charge in [-0.3, -0.25) is 8.37 Å². The molecule has 0 aromatic heterocycles. The fraction of sp³-hybridized carbons (Fsp3) is 0.368. The molecule has 0 unspecified atom stereocenters. The predicted molar refractivity (Wildman–Crippen MR) is 102 cm³/mol. The van der Waals surface area contributed by atoms with Gasteiger partial charge in [-0.25, -0.2) is 0 Å².